The molecule has 0 atom stereocenters. The summed E-state index contributed by atoms with van der Waals surface area (Å²) >= 11 is 0. The summed E-state index contributed by atoms with van der Waals surface area (Å²) in [5.41, 5.74) is 1.33. The minimum absolute atomic E-state index is 0.0975. The molecular formula is C15H26N6O3S. The van der Waals surface area contributed by atoms with Gasteiger partial charge in [-0.1, -0.05) is 0 Å². The van der Waals surface area contributed by atoms with Crippen LogP contribution in [0.2, 0.25) is 0 Å². The molecule has 0 saturated carbocycles. The van der Waals surface area contributed by atoms with Crippen molar-refractivity contribution in [2.45, 2.75) is 6.92 Å². The number of piperazine rings is 2. The van der Waals surface area contributed by atoms with Crippen molar-refractivity contribution in [1.29, 1.82) is 0 Å². The van der Waals surface area contributed by atoms with Crippen molar-refractivity contribution in [2.24, 2.45) is 7.05 Å². The van der Waals surface area contributed by atoms with E-state index in [4.69, 9.17) is 0 Å². The molecule has 0 aromatic carbocycles. The lowest BCUT2D eigenvalue weighted by molar-refractivity contribution is 0.0681. The molecule has 140 valence electrons. The maximum Gasteiger partial charge on any atom is 0.282 e. The molecule has 1 aromatic rings. The Kier molecular flexibility index (Phi) is 5.14. The highest BCUT2D eigenvalue weighted by molar-refractivity contribution is 7.86. The van der Waals surface area contributed by atoms with Gasteiger partial charge >= 0.3 is 0 Å². The summed E-state index contributed by atoms with van der Waals surface area (Å²) in [6, 6.07) is 1.76. The van der Waals surface area contributed by atoms with Crippen molar-refractivity contribution in [1.82, 2.24) is 28.2 Å². The summed E-state index contributed by atoms with van der Waals surface area (Å²) in [7, 11) is 0.297. The average Bonchev–Trinajstić information content (AvgIpc) is 2.93. The van der Waals surface area contributed by atoms with Gasteiger partial charge in [-0.3, -0.25) is 9.48 Å². The number of likely N-dealkylation sites (N-methyl/N-ethyl adjacent to an activating group) is 1. The van der Waals surface area contributed by atoms with Crippen LogP contribution >= 0.6 is 0 Å². The molecule has 2 fully saturated rings. The highest BCUT2D eigenvalue weighted by atomic mass is 32.2. The number of nitrogens with zero attached hydrogens (tertiary/aromatic N) is 6. The number of rotatable bonds is 3. The van der Waals surface area contributed by atoms with Crippen molar-refractivity contribution >= 4 is 16.1 Å². The van der Waals surface area contributed by atoms with E-state index in [1.807, 2.05) is 14.0 Å². The van der Waals surface area contributed by atoms with Gasteiger partial charge in [0, 0.05) is 59.4 Å². The number of hydrogen-bond acceptors (Lipinski definition) is 5. The van der Waals surface area contributed by atoms with E-state index in [0.29, 0.717) is 45.0 Å². The smallest absolute Gasteiger partial charge is 0.282 e. The molecule has 0 spiro atoms. The lowest BCUT2D eigenvalue weighted by atomic mass is 10.3. The van der Waals surface area contributed by atoms with E-state index < -0.39 is 10.2 Å². The van der Waals surface area contributed by atoms with E-state index in [1.165, 1.54) is 4.31 Å². The van der Waals surface area contributed by atoms with Crippen LogP contribution in [0.1, 0.15) is 16.2 Å². The summed E-state index contributed by atoms with van der Waals surface area (Å²) in [5.74, 6) is -0.0975. The molecule has 2 aliphatic rings. The van der Waals surface area contributed by atoms with Gasteiger partial charge in [-0.25, -0.2) is 0 Å². The van der Waals surface area contributed by atoms with Gasteiger partial charge in [-0.05, 0) is 20.0 Å². The van der Waals surface area contributed by atoms with Gasteiger partial charge in [-0.2, -0.15) is 22.1 Å². The summed E-state index contributed by atoms with van der Waals surface area (Å²) in [6.45, 7) is 5.84. The van der Waals surface area contributed by atoms with Gasteiger partial charge < -0.3 is 9.80 Å². The highest BCUT2D eigenvalue weighted by Crippen LogP contribution is 2.16. The second-order valence-electron chi connectivity index (χ2n) is 6.70. The van der Waals surface area contributed by atoms with Crippen LogP contribution < -0.4 is 0 Å². The first-order valence-electron chi connectivity index (χ1n) is 8.53. The van der Waals surface area contributed by atoms with E-state index in [0.717, 1.165) is 18.8 Å². The Balaban J connectivity index is 1.61. The third-order valence-corrected chi connectivity index (χ3v) is 6.90. The molecule has 9 nitrogen and oxygen atoms in total. The van der Waals surface area contributed by atoms with Crippen LogP contribution in [0, 0.1) is 6.92 Å². The van der Waals surface area contributed by atoms with Crippen LogP contribution in [0.3, 0.4) is 0 Å². The zero-order chi connectivity index (χ0) is 18.2. The zero-order valence-electron chi connectivity index (χ0n) is 15.1. The second-order valence-corrected chi connectivity index (χ2v) is 8.62. The van der Waals surface area contributed by atoms with Crippen LogP contribution in [-0.4, -0.2) is 102 Å². The van der Waals surface area contributed by atoms with Crippen LogP contribution in [0.4, 0.5) is 0 Å². The fourth-order valence-electron chi connectivity index (χ4n) is 3.28. The molecule has 10 heteroatoms. The Hall–Kier alpha value is -1.49. The number of carbonyl (C=O) groups is 1. The standard InChI is InChI=1S/C15H26N6O3S/c1-13-12-14(18(3)16-13)15(22)19-6-10-21(11-7-19)25(23,24)20-8-4-17(2)5-9-20/h12H,4-11H2,1-3H3. The second kappa shape index (κ2) is 7.02. The number of carbonyl (C=O) groups excluding carboxylic acids is 1. The lowest BCUT2D eigenvalue weighted by Gasteiger charge is -2.39. The molecule has 0 radical (unpaired) electrons. The van der Waals surface area contributed by atoms with Crippen molar-refractivity contribution in [3.8, 4) is 0 Å². The maximum absolute atomic E-state index is 12.8. The Morgan fingerprint density at radius 2 is 1.48 bits per heavy atom. The number of hydrogen-bond donors (Lipinski definition) is 0. The van der Waals surface area contributed by atoms with E-state index in [1.54, 1.807) is 27.0 Å². The monoisotopic (exact) mass is 370 g/mol. The average molecular weight is 370 g/mol. The maximum atomic E-state index is 12.8. The SMILES string of the molecule is Cc1cc(C(=O)N2CCN(S(=O)(=O)N3CCN(C)CC3)CC2)n(C)n1. The van der Waals surface area contributed by atoms with Crippen molar-refractivity contribution in [3.63, 3.8) is 0 Å². The Morgan fingerprint density at radius 1 is 0.960 bits per heavy atom. The van der Waals surface area contributed by atoms with Crippen LogP contribution in [0.5, 0.6) is 0 Å². The number of amides is 1. The van der Waals surface area contributed by atoms with Gasteiger partial charge in [-0.15, -0.1) is 0 Å². The molecule has 0 unspecified atom stereocenters. The van der Waals surface area contributed by atoms with Gasteiger partial charge in [0.1, 0.15) is 5.69 Å². The van der Waals surface area contributed by atoms with Gasteiger partial charge in [0.05, 0.1) is 5.69 Å². The molecule has 2 aliphatic heterocycles. The first kappa shape index (κ1) is 18.3. The molecule has 3 heterocycles. The Morgan fingerprint density at radius 3 is 1.96 bits per heavy atom. The van der Waals surface area contributed by atoms with E-state index >= 15 is 0 Å². The number of aromatic nitrogens is 2. The normalized spacial score (nSPS) is 21.6. The van der Waals surface area contributed by atoms with Crippen molar-refractivity contribution in [2.75, 3.05) is 59.4 Å². The minimum atomic E-state index is -3.44. The fourth-order valence-corrected chi connectivity index (χ4v) is 4.85. The van der Waals surface area contributed by atoms with E-state index in [2.05, 4.69) is 10.00 Å². The summed E-state index contributed by atoms with van der Waals surface area (Å²) < 4.78 is 30.2. The highest BCUT2D eigenvalue weighted by Gasteiger charge is 2.35. The van der Waals surface area contributed by atoms with Crippen LogP contribution in [0.15, 0.2) is 6.07 Å². The van der Waals surface area contributed by atoms with Crippen molar-refractivity contribution < 1.29 is 13.2 Å². The fraction of sp³-hybridized carbons (Fsp3) is 0.733. The summed E-state index contributed by atoms with van der Waals surface area (Å²) in [6.07, 6.45) is 0. The predicted octanol–water partition coefficient (Wildman–Crippen LogP) is -1.02. The molecule has 1 aromatic heterocycles. The predicted molar refractivity (Wildman–Crippen MR) is 93.4 cm³/mol. The molecule has 3 rings (SSSR count). The first-order valence-corrected chi connectivity index (χ1v) is 9.92. The largest absolute Gasteiger partial charge is 0.335 e. The number of aryl methyl sites for hydroxylation is 2. The van der Waals surface area contributed by atoms with Gasteiger partial charge in [0.2, 0.25) is 0 Å². The van der Waals surface area contributed by atoms with Crippen LogP contribution in [-0.2, 0) is 17.3 Å². The third kappa shape index (κ3) is 3.71. The molecule has 2 saturated heterocycles. The van der Waals surface area contributed by atoms with Gasteiger partial charge in [0.15, 0.2) is 0 Å². The van der Waals surface area contributed by atoms with Crippen LogP contribution in [0.25, 0.3) is 0 Å². The Bertz CT molecular complexity index is 730. The lowest BCUT2D eigenvalue weighted by Crippen LogP contribution is -2.57. The minimum Gasteiger partial charge on any atom is -0.335 e. The quantitative estimate of drug-likeness (QED) is 0.680. The van der Waals surface area contributed by atoms with E-state index in [-0.39, 0.29) is 5.91 Å². The van der Waals surface area contributed by atoms with Crippen molar-refractivity contribution in [3.05, 3.63) is 17.5 Å². The zero-order valence-corrected chi connectivity index (χ0v) is 15.9. The summed E-state index contributed by atoms with van der Waals surface area (Å²) in [5, 5.41) is 4.20. The molecular weight excluding hydrogens is 344 g/mol. The molecule has 1 amide bonds. The first-order chi connectivity index (χ1) is 11.8. The third-order valence-electron chi connectivity index (χ3n) is 4.86. The molecule has 0 bridgehead atoms. The molecule has 0 N–H and O–H groups in total. The summed E-state index contributed by atoms with van der Waals surface area (Å²) in [4.78, 5) is 16.4. The topological polar surface area (TPSA) is 82.0 Å². The van der Waals surface area contributed by atoms with E-state index in [9.17, 15) is 13.2 Å². The molecule has 0 aliphatic carbocycles. The molecule has 25 heavy (non-hydrogen) atoms. The Labute approximate surface area is 149 Å². The van der Waals surface area contributed by atoms with Gasteiger partial charge in [0.25, 0.3) is 16.1 Å².